The maximum Gasteiger partial charge on any atom is 0.220 e. The zero-order chi connectivity index (χ0) is 19.1. The first-order valence-electron chi connectivity index (χ1n) is 9.22. The van der Waals surface area contributed by atoms with Crippen LogP contribution in [-0.4, -0.2) is 37.2 Å². The minimum atomic E-state index is 0.0262. The molecule has 27 heavy (non-hydrogen) atoms. The van der Waals surface area contributed by atoms with Crippen molar-refractivity contribution in [2.45, 2.75) is 39.7 Å². The van der Waals surface area contributed by atoms with Gasteiger partial charge in [-0.1, -0.05) is 19.9 Å². The van der Waals surface area contributed by atoms with Crippen LogP contribution in [0.2, 0.25) is 0 Å². The van der Waals surface area contributed by atoms with Crippen molar-refractivity contribution in [3.8, 4) is 0 Å². The maximum absolute atomic E-state index is 12.0. The zero-order valence-corrected chi connectivity index (χ0v) is 15.7. The number of pyridine rings is 1. The number of amides is 1. The third kappa shape index (κ3) is 5.47. The molecule has 3 aromatic rings. The molecule has 3 rings (SSSR count). The van der Waals surface area contributed by atoms with Gasteiger partial charge in [0, 0.05) is 38.3 Å². The van der Waals surface area contributed by atoms with Crippen molar-refractivity contribution in [3.05, 3.63) is 48.0 Å². The molecule has 0 saturated heterocycles. The monoisotopic (exact) mass is 367 g/mol. The summed E-state index contributed by atoms with van der Waals surface area (Å²) in [4.78, 5) is 16.1. The van der Waals surface area contributed by atoms with Crippen molar-refractivity contribution in [2.75, 3.05) is 11.9 Å². The van der Waals surface area contributed by atoms with Crippen molar-refractivity contribution < 1.29 is 4.79 Å². The lowest BCUT2D eigenvalue weighted by atomic mass is 10.1. The van der Waals surface area contributed by atoms with Gasteiger partial charge in [-0.25, -0.2) is 0 Å². The van der Waals surface area contributed by atoms with E-state index < -0.39 is 0 Å². The average molecular weight is 367 g/mol. The molecule has 1 amide bonds. The smallest absolute Gasteiger partial charge is 0.220 e. The van der Waals surface area contributed by atoms with Crippen LogP contribution >= 0.6 is 0 Å². The molecule has 2 N–H and O–H groups in total. The van der Waals surface area contributed by atoms with Gasteiger partial charge in [0.15, 0.2) is 11.5 Å². The van der Waals surface area contributed by atoms with Gasteiger partial charge in [0.2, 0.25) is 5.91 Å². The SMILES string of the molecule is CC(C)CCNC(=O)CCc1nnc2ccc(NCc3cccnc3)nn12. The standard InChI is InChI=1S/C19H25N7O/c1-14(2)9-11-21-19(27)8-7-18-24-23-17-6-5-16(25-26(17)18)22-13-15-4-3-10-20-12-15/h3-6,10,12,14H,7-9,11,13H2,1-2H3,(H,21,27)(H,22,25). The molecule has 0 fully saturated rings. The molecule has 0 aliphatic rings. The summed E-state index contributed by atoms with van der Waals surface area (Å²) in [6.07, 6.45) is 5.40. The summed E-state index contributed by atoms with van der Waals surface area (Å²) in [5.74, 6) is 1.99. The average Bonchev–Trinajstić information content (AvgIpc) is 3.07. The molecule has 0 atom stereocenters. The molecule has 3 aromatic heterocycles. The van der Waals surface area contributed by atoms with E-state index in [9.17, 15) is 4.79 Å². The van der Waals surface area contributed by atoms with E-state index in [4.69, 9.17) is 0 Å². The first kappa shape index (κ1) is 18.8. The first-order valence-corrected chi connectivity index (χ1v) is 9.22. The summed E-state index contributed by atoms with van der Waals surface area (Å²) in [6.45, 7) is 5.61. The normalized spacial score (nSPS) is 11.1. The number of hydrogen-bond acceptors (Lipinski definition) is 6. The lowest BCUT2D eigenvalue weighted by Crippen LogP contribution is -2.25. The first-order chi connectivity index (χ1) is 13.1. The second-order valence-corrected chi connectivity index (χ2v) is 6.85. The maximum atomic E-state index is 12.0. The van der Waals surface area contributed by atoms with E-state index in [1.165, 1.54) is 0 Å². The van der Waals surface area contributed by atoms with Crippen LogP contribution in [0.5, 0.6) is 0 Å². The third-order valence-electron chi connectivity index (χ3n) is 4.14. The molecule has 0 aromatic carbocycles. The Labute approximate surface area is 158 Å². The van der Waals surface area contributed by atoms with E-state index in [1.54, 1.807) is 10.7 Å². The predicted octanol–water partition coefficient (Wildman–Crippen LogP) is 2.23. The van der Waals surface area contributed by atoms with E-state index in [2.05, 4.69) is 44.8 Å². The van der Waals surface area contributed by atoms with E-state index >= 15 is 0 Å². The number of nitrogens with one attached hydrogen (secondary N) is 2. The van der Waals surface area contributed by atoms with Crippen LogP contribution in [0.1, 0.15) is 38.1 Å². The lowest BCUT2D eigenvalue weighted by Gasteiger charge is -2.07. The second-order valence-electron chi connectivity index (χ2n) is 6.85. The number of anilines is 1. The molecule has 3 heterocycles. The Bertz CT molecular complexity index is 876. The summed E-state index contributed by atoms with van der Waals surface area (Å²) >= 11 is 0. The van der Waals surface area contributed by atoms with Crippen LogP contribution < -0.4 is 10.6 Å². The summed E-state index contributed by atoms with van der Waals surface area (Å²) < 4.78 is 1.69. The Morgan fingerprint density at radius 3 is 2.89 bits per heavy atom. The van der Waals surface area contributed by atoms with E-state index in [0.29, 0.717) is 49.1 Å². The fourth-order valence-electron chi connectivity index (χ4n) is 2.59. The highest BCUT2D eigenvalue weighted by Crippen LogP contribution is 2.10. The van der Waals surface area contributed by atoms with Crippen LogP contribution in [0.4, 0.5) is 5.82 Å². The predicted molar refractivity (Wildman–Crippen MR) is 103 cm³/mol. The number of hydrogen-bond donors (Lipinski definition) is 2. The van der Waals surface area contributed by atoms with Crippen molar-refractivity contribution in [2.24, 2.45) is 5.92 Å². The fourth-order valence-corrected chi connectivity index (χ4v) is 2.59. The quantitative estimate of drug-likeness (QED) is 0.602. The fraction of sp³-hybridized carbons (Fsp3) is 0.421. The number of nitrogens with zero attached hydrogens (tertiary/aromatic N) is 5. The number of carbonyl (C=O) groups is 1. The number of carbonyl (C=O) groups excluding carboxylic acids is 1. The van der Waals surface area contributed by atoms with Crippen molar-refractivity contribution >= 4 is 17.4 Å². The minimum absolute atomic E-state index is 0.0262. The topological polar surface area (TPSA) is 97.1 Å². The van der Waals surface area contributed by atoms with Crippen LogP contribution in [-0.2, 0) is 17.8 Å². The molecule has 0 spiro atoms. The summed E-state index contributed by atoms with van der Waals surface area (Å²) in [5, 5.41) is 19.0. The molecule has 142 valence electrons. The Balaban J connectivity index is 1.58. The second kappa shape index (κ2) is 9.07. The summed E-state index contributed by atoms with van der Waals surface area (Å²) in [6, 6.07) is 7.62. The number of rotatable bonds is 9. The van der Waals surface area contributed by atoms with Gasteiger partial charge < -0.3 is 10.6 Å². The van der Waals surface area contributed by atoms with Crippen molar-refractivity contribution in [1.29, 1.82) is 0 Å². The van der Waals surface area contributed by atoms with Gasteiger partial charge in [0.05, 0.1) is 0 Å². The van der Waals surface area contributed by atoms with Crippen LogP contribution in [0, 0.1) is 5.92 Å². The van der Waals surface area contributed by atoms with Gasteiger partial charge in [0.1, 0.15) is 5.82 Å². The molecule has 8 heteroatoms. The van der Waals surface area contributed by atoms with Gasteiger partial charge in [-0.2, -0.15) is 4.52 Å². The number of fused-ring (bicyclic) bond motifs is 1. The Kier molecular flexibility index (Phi) is 6.30. The molecule has 0 aliphatic heterocycles. The summed E-state index contributed by atoms with van der Waals surface area (Å²) in [7, 11) is 0. The summed E-state index contributed by atoms with van der Waals surface area (Å²) in [5.41, 5.74) is 1.73. The Morgan fingerprint density at radius 1 is 1.22 bits per heavy atom. The van der Waals surface area contributed by atoms with E-state index in [0.717, 1.165) is 12.0 Å². The molecule has 8 nitrogen and oxygen atoms in total. The Morgan fingerprint density at radius 2 is 2.11 bits per heavy atom. The molecule has 0 bridgehead atoms. The highest BCUT2D eigenvalue weighted by molar-refractivity contribution is 5.76. The van der Waals surface area contributed by atoms with Crippen molar-refractivity contribution in [3.63, 3.8) is 0 Å². The van der Waals surface area contributed by atoms with Crippen LogP contribution in [0.25, 0.3) is 5.65 Å². The molecule has 0 unspecified atom stereocenters. The molecular weight excluding hydrogens is 342 g/mol. The van der Waals surface area contributed by atoms with Crippen LogP contribution in [0.3, 0.4) is 0 Å². The molecule has 0 aliphatic carbocycles. The third-order valence-corrected chi connectivity index (χ3v) is 4.14. The van der Waals surface area contributed by atoms with Gasteiger partial charge in [-0.3, -0.25) is 9.78 Å². The van der Waals surface area contributed by atoms with E-state index in [1.807, 2.05) is 30.5 Å². The largest absolute Gasteiger partial charge is 0.364 e. The number of aryl methyl sites for hydroxylation is 1. The molecule has 0 radical (unpaired) electrons. The lowest BCUT2D eigenvalue weighted by molar-refractivity contribution is -0.121. The van der Waals surface area contributed by atoms with Gasteiger partial charge in [-0.05, 0) is 36.1 Å². The molecular formula is C19H25N7O. The van der Waals surface area contributed by atoms with Gasteiger partial charge >= 0.3 is 0 Å². The zero-order valence-electron chi connectivity index (χ0n) is 15.7. The minimum Gasteiger partial charge on any atom is -0.364 e. The highest BCUT2D eigenvalue weighted by atomic mass is 16.1. The van der Waals surface area contributed by atoms with Gasteiger partial charge in [-0.15, -0.1) is 15.3 Å². The Hall–Kier alpha value is -3.03. The van der Waals surface area contributed by atoms with E-state index in [-0.39, 0.29) is 5.91 Å². The highest BCUT2D eigenvalue weighted by Gasteiger charge is 2.10. The molecule has 0 saturated carbocycles. The van der Waals surface area contributed by atoms with Crippen LogP contribution in [0.15, 0.2) is 36.7 Å². The van der Waals surface area contributed by atoms with Crippen molar-refractivity contribution in [1.82, 2.24) is 30.1 Å². The number of aromatic nitrogens is 5. The van der Waals surface area contributed by atoms with Gasteiger partial charge in [0.25, 0.3) is 0 Å².